The van der Waals surface area contributed by atoms with Gasteiger partial charge in [0.05, 0.1) is 59.0 Å². The van der Waals surface area contributed by atoms with Gasteiger partial charge in [-0.2, -0.15) is 0 Å². The topological polar surface area (TPSA) is 211 Å². The normalized spacial score (nSPS) is 11.8. The van der Waals surface area contributed by atoms with Gasteiger partial charge in [-0.15, -0.1) is 34.4 Å². The van der Waals surface area contributed by atoms with Crippen LogP contribution in [0.4, 0.5) is 0 Å². The Kier molecular flexibility index (Phi) is 137. The number of furan rings is 1. The summed E-state index contributed by atoms with van der Waals surface area (Å²) < 4.78 is 33.3. The smallest absolute Gasteiger partial charge is 0.190 e. The van der Waals surface area contributed by atoms with Crippen LogP contribution < -0.4 is 0 Å². The van der Waals surface area contributed by atoms with Crippen molar-refractivity contribution < 1.29 is 36.5 Å². The van der Waals surface area contributed by atoms with E-state index in [9.17, 15) is 0 Å². The van der Waals surface area contributed by atoms with Gasteiger partial charge < -0.3 is 41.5 Å². The highest BCUT2D eigenvalue weighted by atomic mass is 32.2. The van der Waals surface area contributed by atoms with Crippen LogP contribution in [-0.4, -0.2) is 91.5 Å². The zero-order valence-corrected chi connectivity index (χ0v) is 70.4. The van der Waals surface area contributed by atoms with Crippen molar-refractivity contribution in [2.24, 2.45) is 15.1 Å². The number of rotatable bonds is 0. The summed E-state index contributed by atoms with van der Waals surface area (Å²) in [5, 5.41) is 13.5. The summed E-state index contributed by atoms with van der Waals surface area (Å²) in [7, 11) is 0. The maximum atomic E-state index is 5.15. The van der Waals surface area contributed by atoms with Crippen molar-refractivity contribution in [2.45, 2.75) is 281 Å². The Morgan fingerprint density at radius 2 is 1.17 bits per heavy atom. The van der Waals surface area contributed by atoms with Gasteiger partial charge in [-0.3, -0.25) is 15.0 Å². The first-order valence-corrected chi connectivity index (χ1v) is 37.9. The Morgan fingerprint density at radius 1 is 0.542 bits per heavy atom. The molecule has 96 heavy (non-hydrogen) atoms. The molecule has 12 rings (SSSR count). The van der Waals surface area contributed by atoms with E-state index in [0.29, 0.717) is 12.2 Å². The number of nitrogens with one attached hydrogen (secondary N) is 1. The van der Waals surface area contributed by atoms with Crippen molar-refractivity contribution in [1.82, 2.24) is 30.1 Å². The van der Waals surface area contributed by atoms with Crippen LogP contribution in [0.15, 0.2) is 154 Å². The summed E-state index contributed by atoms with van der Waals surface area (Å²) >= 11 is 5.29. The first-order chi connectivity index (χ1) is 46.7. The van der Waals surface area contributed by atoms with Crippen LogP contribution in [0.5, 0.6) is 0 Å². The zero-order valence-electron chi connectivity index (χ0n) is 67.9. The van der Waals surface area contributed by atoms with E-state index in [0.717, 1.165) is 66.7 Å². The van der Waals surface area contributed by atoms with E-state index in [1.165, 1.54) is 52.4 Å². The second-order valence-corrected chi connectivity index (χ2v) is 18.7. The van der Waals surface area contributed by atoms with E-state index in [-0.39, 0.29) is 0 Å². The lowest BCUT2D eigenvalue weighted by Crippen LogP contribution is -1.94. The predicted molar refractivity (Wildman–Crippen MR) is 429 cm³/mol. The highest BCUT2D eigenvalue weighted by Crippen LogP contribution is 2.10. The van der Waals surface area contributed by atoms with Crippen molar-refractivity contribution in [1.29, 1.82) is 0 Å². The molecule has 0 amide bonds. The maximum Gasteiger partial charge on any atom is 0.190 e. The van der Waals surface area contributed by atoms with Crippen LogP contribution in [-0.2, 0) is 14.3 Å². The van der Waals surface area contributed by atoms with Gasteiger partial charge in [0.15, 0.2) is 24.6 Å². The number of hydrogen-bond donors (Lipinski definition) is 1. The fourth-order valence-electron chi connectivity index (χ4n) is 4.52. The van der Waals surface area contributed by atoms with Crippen molar-refractivity contribution in [3.8, 4) is 0 Å². The maximum absolute atomic E-state index is 5.15. The fourth-order valence-corrected chi connectivity index (χ4v) is 6.15. The first kappa shape index (κ1) is 117. The number of thioether (sulfide) groups is 1. The third-order valence-corrected chi connectivity index (χ3v) is 10.7. The number of aryl methyl sites for hydroxylation is 8. The van der Waals surface area contributed by atoms with Crippen molar-refractivity contribution in [3.05, 3.63) is 160 Å². The first-order valence-electron chi connectivity index (χ1n) is 35.2. The highest BCUT2D eigenvalue weighted by molar-refractivity contribution is 8.14. The zero-order chi connectivity index (χ0) is 76.9. The number of nitrogens with zero attached hydrogens (tertiary/aromatic N) is 8. The molecule has 0 aromatic carbocycles. The van der Waals surface area contributed by atoms with Gasteiger partial charge in [0.2, 0.25) is 0 Å². The number of aromatic amines is 1. The Morgan fingerprint density at radius 3 is 1.29 bits per heavy atom. The molecule has 12 heterocycles. The molecule has 0 aliphatic carbocycles. The van der Waals surface area contributed by atoms with Crippen LogP contribution in [0.3, 0.4) is 0 Å². The number of thiazole rings is 1. The molecule has 0 radical (unpaired) electrons. The molecule has 17 nitrogen and oxygen atoms in total. The molecule has 1 fully saturated rings. The molecule has 2 unspecified atom stereocenters. The van der Waals surface area contributed by atoms with Crippen LogP contribution in [0.25, 0.3) is 0 Å². The number of H-pyrrole nitrogens is 1. The summed E-state index contributed by atoms with van der Waals surface area (Å²) in [5.41, 5.74) is 4.31. The van der Waals surface area contributed by atoms with Crippen molar-refractivity contribution in [2.75, 3.05) is 32.1 Å². The molecule has 1 saturated heterocycles. The van der Waals surface area contributed by atoms with Gasteiger partial charge in [-0.1, -0.05) is 183 Å². The van der Waals surface area contributed by atoms with E-state index in [1.807, 2.05) is 256 Å². The highest BCUT2D eigenvalue weighted by Gasteiger charge is 2.07. The van der Waals surface area contributed by atoms with Gasteiger partial charge in [-0.25, -0.2) is 15.0 Å². The van der Waals surface area contributed by atoms with E-state index in [1.54, 1.807) is 91.8 Å². The summed E-state index contributed by atoms with van der Waals surface area (Å²) in [5.74, 6) is 3.60. The summed E-state index contributed by atoms with van der Waals surface area (Å²) in [6.07, 6.45) is 26.0. The van der Waals surface area contributed by atoms with Crippen molar-refractivity contribution in [3.63, 3.8) is 0 Å². The number of oxazole rings is 3. The minimum Gasteiger partial charge on any atom is -0.479 e. The van der Waals surface area contributed by atoms with E-state index in [4.69, 9.17) is 27.6 Å². The number of oxime groups is 1. The average molecular weight is 1410 g/mol. The fraction of sp³-hybridized carbons (Fsp3) is 0.605. The number of hydrogen-bond acceptors (Lipinski definition) is 19. The molecule has 1 N–H and O–H groups in total. The Balaban J connectivity index is -0.0000000779. The largest absolute Gasteiger partial charge is 0.479 e. The lowest BCUT2D eigenvalue weighted by molar-refractivity contribution is 0.0996. The molecule has 0 saturated carbocycles. The third-order valence-electron chi connectivity index (χ3n) is 8.25. The van der Waals surface area contributed by atoms with E-state index in [2.05, 4.69) is 99.4 Å². The lowest BCUT2D eigenvalue weighted by atomic mass is 10.3. The van der Waals surface area contributed by atoms with Crippen LogP contribution >= 0.6 is 34.4 Å². The second-order valence-electron chi connectivity index (χ2n) is 15.2. The monoisotopic (exact) mass is 1410 g/mol. The van der Waals surface area contributed by atoms with Crippen LogP contribution in [0.1, 0.15) is 257 Å². The molecule has 4 aliphatic rings. The third kappa shape index (κ3) is 109. The van der Waals surface area contributed by atoms with Crippen LogP contribution in [0.2, 0.25) is 0 Å². The Bertz CT molecular complexity index is 1940. The molecule has 20 heteroatoms. The van der Waals surface area contributed by atoms with E-state index < -0.39 is 0 Å². The average Bonchev–Trinajstić information content (AvgIpc) is 4.46. The number of thiophene rings is 1. The minimum absolute atomic E-state index is 0.324. The Hall–Kier alpha value is -6.35. The van der Waals surface area contributed by atoms with Crippen LogP contribution in [0, 0.1) is 55.4 Å². The number of aromatic nitrogens is 6. The quantitative estimate of drug-likeness (QED) is 0.150. The standard InChI is InChI=1S/C5H7N.C5H6O.C5H10O.C5H6S.2C4H5NO.C4H7NO.2C4H5NO.C4H7NO.C4H7NS.C4H5NS.12C2H6/c2*1-5-2-3-6-4-5;2*1-5-3-2-4-6-5;1-4-2-6-3-5-4;1-4-2-5-3-6-4;2*1-4-5-2-3-6-4;1-4-2-3-6-5-4;1-4-2-3-5-6-4;2*1-4-5-2-3-6-4;12*1-2/h2-4,6H,1H3;2-4H,1H3;5H,2-4H2,1H3;2-4H,1H3;2*2-3H,1H3;2-3H2,1H3;2*2-3H,1H3;3-4H,2H2,1H3;2-3H2,1H3;2-3H,1H3;12*1-2H3. The van der Waals surface area contributed by atoms with Gasteiger partial charge in [0, 0.05) is 80.3 Å². The molecule has 0 bridgehead atoms. The van der Waals surface area contributed by atoms with Crippen molar-refractivity contribution >= 4 is 51.6 Å². The molecular weight excluding hydrogens is 1260 g/mol. The predicted octanol–water partition coefficient (Wildman–Crippen LogP) is 26.2. The number of ether oxygens (including phenoxy) is 2. The summed E-state index contributed by atoms with van der Waals surface area (Å²) in [4.78, 5) is 32.2. The lowest BCUT2D eigenvalue weighted by Gasteiger charge is -1.94. The second kappa shape index (κ2) is 113. The minimum atomic E-state index is 0.324. The molecule has 4 aliphatic heterocycles. The van der Waals surface area contributed by atoms with Gasteiger partial charge in [0.1, 0.15) is 37.3 Å². The SMILES string of the molecule is CC.CC.CC.CC.CC.CC.CC.CC.CC.CC.CC.CC.CC1=NCCO1.CC1=NCCS1.CC1CC=NO1.CC1CCCO1.Cc1cc[nH]c1.Cc1cccs1.Cc1ccoc1.Cc1ccon1.Cc1cnco1.Cc1cocn1.Cc1ncco1.Cc1nccs1. The molecular formula is C76H147N9O8S3. The molecule has 0 spiro atoms. The molecule has 8 aromatic rings. The molecule has 2 atom stereocenters. The molecule has 8 aromatic heterocycles. The summed E-state index contributed by atoms with van der Waals surface area (Å²) in [6.45, 7) is 75.2. The molecule has 562 valence electrons. The Labute approximate surface area is 602 Å². The summed E-state index contributed by atoms with van der Waals surface area (Å²) in [6, 6.07) is 9.91. The van der Waals surface area contributed by atoms with Gasteiger partial charge in [-0.05, 0) is 117 Å². The van der Waals surface area contributed by atoms with E-state index >= 15 is 0 Å². The van der Waals surface area contributed by atoms with Gasteiger partial charge >= 0.3 is 0 Å². The number of aliphatic imine (C=N–C) groups is 2. The van der Waals surface area contributed by atoms with Gasteiger partial charge in [0.25, 0.3) is 0 Å².